The van der Waals surface area contributed by atoms with Gasteiger partial charge in [0.25, 0.3) is 0 Å². The van der Waals surface area contributed by atoms with E-state index in [2.05, 4.69) is 21.2 Å². The van der Waals surface area contributed by atoms with Crippen LogP contribution >= 0.6 is 15.9 Å². The van der Waals surface area contributed by atoms with Crippen molar-refractivity contribution in [2.24, 2.45) is 0 Å². The summed E-state index contributed by atoms with van der Waals surface area (Å²) in [4.78, 5) is 11.2. The number of hydrogen-bond donors (Lipinski definition) is 2. The monoisotopic (exact) mass is 275 g/mol. The molecule has 0 atom stereocenters. The number of aliphatic hydroxyl groups excluding tert-OH is 1. The highest BCUT2D eigenvalue weighted by Gasteiger charge is 2.07. The quantitative estimate of drug-likeness (QED) is 0.869. The second-order valence-corrected chi connectivity index (χ2v) is 3.90. The van der Waals surface area contributed by atoms with Crippen molar-refractivity contribution in [2.45, 2.75) is 6.42 Å². The third kappa shape index (κ3) is 3.97. The summed E-state index contributed by atoms with van der Waals surface area (Å²) < 4.78 is 13.9. The predicted octanol–water partition coefficient (Wildman–Crippen LogP) is 1.24. The van der Waals surface area contributed by atoms with E-state index in [1.807, 2.05) is 0 Å². The third-order valence-electron chi connectivity index (χ3n) is 1.79. The fourth-order valence-electron chi connectivity index (χ4n) is 1.11. The minimum atomic E-state index is -0.405. The van der Waals surface area contributed by atoms with Crippen molar-refractivity contribution in [3.63, 3.8) is 0 Å². The highest BCUT2D eigenvalue weighted by molar-refractivity contribution is 9.10. The second kappa shape index (κ2) is 5.82. The van der Waals surface area contributed by atoms with Crippen LogP contribution < -0.4 is 5.32 Å². The summed E-state index contributed by atoms with van der Waals surface area (Å²) in [5.74, 6) is -0.710. The van der Waals surface area contributed by atoms with Gasteiger partial charge in [-0.15, -0.1) is 0 Å². The Hall–Kier alpha value is -0.940. The van der Waals surface area contributed by atoms with E-state index >= 15 is 0 Å². The lowest BCUT2D eigenvalue weighted by atomic mass is 10.1. The molecule has 82 valence electrons. The van der Waals surface area contributed by atoms with Gasteiger partial charge in [0.1, 0.15) is 5.82 Å². The zero-order valence-corrected chi connectivity index (χ0v) is 9.55. The number of benzene rings is 1. The molecule has 0 aliphatic heterocycles. The van der Waals surface area contributed by atoms with Crippen LogP contribution in [0.2, 0.25) is 0 Å². The van der Waals surface area contributed by atoms with Gasteiger partial charge >= 0.3 is 0 Å². The summed E-state index contributed by atoms with van der Waals surface area (Å²) in [6.07, 6.45) is -0.0225. The lowest BCUT2D eigenvalue weighted by Gasteiger charge is -2.04. The Labute approximate surface area is 95.4 Å². The van der Waals surface area contributed by atoms with E-state index in [4.69, 9.17) is 5.11 Å². The number of aliphatic hydroxyl groups is 1. The van der Waals surface area contributed by atoms with E-state index < -0.39 is 5.82 Å². The Morgan fingerprint density at radius 2 is 2.27 bits per heavy atom. The molecule has 1 aromatic rings. The fourth-order valence-corrected chi connectivity index (χ4v) is 1.52. The predicted molar refractivity (Wildman–Crippen MR) is 57.9 cm³/mol. The van der Waals surface area contributed by atoms with Gasteiger partial charge in [-0.25, -0.2) is 4.39 Å². The van der Waals surface area contributed by atoms with Gasteiger partial charge in [-0.1, -0.05) is 15.9 Å². The van der Waals surface area contributed by atoms with Crippen LogP contribution in [0.1, 0.15) is 5.56 Å². The molecule has 1 amide bonds. The fraction of sp³-hybridized carbons (Fsp3) is 0.300. The van der Waals surface area contributed by atoms with Gasteiger partial charge in [-0.3, -0.25) is 4.79 Å². The minimum Gasteiger partial charge on any atom is -0.395 e. The van der Waals surface area contributed by atoms with Crippen molar-refractivity contribution in [3.8, 4) is 0 Å². The molecule has 0 aliphatic carbocycles. The Bertz CT molecular complexity index is 357. The Morgan fingerprint density at radius 1 is 1.53 bits per heavy atom. The zero-order chi connectivity index (χ0) is 11.3. The number of hydrogen-bond acceptors (Lipinski definition) is 2. The van der Waals surface area contributed by atoms with Crippen molar-refractivity contribution < 1.29 is 14.3 Å². The van der Waals surface area contributed by atoms with E-state index in [0.717, 1.165) is 4.47 Å². The van der Waals surface area contributed by atoms with Gasteiger partial charge in [0.15, 0.2) is 0 Å². The average Bonchev–Trinajstić information content (AvgIpc) is 2.20. The maximum absolute atomic E-state index is 13.2. The summed E-state index contributed by atoms with van der Waals surface area (Å²) in [6.45, 7) is 0.0706. The molecule has 0 fully saturated rings. The normalized spacial score (nSPS) is 10.1. The molecule has 0 bridgehead atoms. The minimum absolute atomic E-state index is 0.0225. The van der Waals surface area contributed by atoms with Crippen LogP contribution in [0.25, 0.3) is 0 Å². The standard InChI is InChI=1S/C10H11BrFNO2/c11-8-1-2-9(12)7(5-8)6-10(15)13-3-4-14/h1-2,5,14H,3-4,6H2,(H,13,15). The maximum atomic E-state index is 13.2. The highest BCUT2D eigenvalue weighted by Crippen LogP contribution is 2.15. The molecule has 1 aromatic carbocycles. The lowest BCUT2D eigenvalue weighted by molar-refractivity contribution is -0.120. The number of amides is 1. The van der Waals surface area contributed by atoms with Crippen LogP contribution in [0.5, 0.6) is 0 Å². The number of halogens is 2. The molecule has 0 aromatic heterocycles. The number of carbonyl (C=O) groups excluding carboxylic acids is 1. The molecule has 0 spiro atoms. The number of rotatable bonds is 4. The smallest absolute Gasteiger partial charge is 0.224 e. The van der Waals surface area contributed by atoms with Crippen LogP contribution in [0.15, 0.2) is 22.7 Å². The van der Waals surface area contributed by atoms with E-state index in [1.165, 1.54) is 6.07 Å². The Kier molecular flexibility index (Phi) is 4.71. The van der Waals surface area contributed by atoms with Gasteiger partial charge in [0.2, 0.25) is 5.91 Å². The molecule has 3 nitrogen and oxygen atoms in total. The summed E-state index contributed by atoms with van der Waals surface area (Å²) in [5.41, 5.74) is 0.333. The van der Waals surface area contributed by atoms with Crippen molar-refractivity contribution >= 4 is 21.8 Å². The van der Waals surface area contributed by atoms with E-state index in [0.29, 0.717) is 5.56 Å². The first-order valence-electron chi connectivity index (χ1n) is 4.45. The topological polar surface area (TPSA) is 49.3 Å². The van der Waals surface area contributed by atoms with Gasteiger partial charge in [0.05, 0.1) is 13.0 Å². The summed E-state index contributed by atoms with van der Waals surface area (Å²) >= 11 is 3.20. The Morgan fingerprint density at radius 3 is 2.93 bits per heavy atom. The molecule has 0 saturated carbocycles. The summed E-state index contributed by atoms with van der Waals surface area (Å²) in [7, 11) is 0. The lowest BCUT2D eigenvalue weighted by Crippen LogP contribution is -2.28. The van der Waals surface area contributed by atoms with Crippen molar-refractivity contribution in [2.75, 3.05) is 13.2 Å². The van der Waals surface area contributed by atoms with Crippen LogP contribution in [0.3, 0.4) is 0 Å². The molecule has 0 saturated heterocycles. The Balaban J connectivity index is 2.63. The maximum Gasteiger partial charge on any atom is 0.224 e. The van der Waals surface area contributed by atoms with E-state index in [9.17, 15) is 9.18 Å². The third-order valence-corrected chi connectivity index (χ3v) is 2.29. The molecule has 15 heavy (non-hydrogen) atoms. The first kappa shape index (κ1) is 12.1. The van der Waals surface area contributed by atoms with Crippen molar-refractivity contribution in [3.05, 3.63) is 34.1 Å². The van der Waals surface area contributed by atoms with Crippen LogP contribution in [-0.2, 0) is 11.2 Å². The summed E-state index contributed by atoms with van der Waals surface area (Å²) in [5, 5.41) is 10.9. The van der Waals surface area contributed by atoms with Crippen molar-refractivity contribution in [1.29, 1.82) is 0 Å². The van der Waals surface area contributed by atoms with Crippen LogP contribution in [-0.4, -0.2) is 24.2 Å². The highest BCUT2D eigenvalue weighted by atomic mass is 79.9. The molecule has 2 N–H and O–H groups in total. The molecule has 5 heteroatoms. The first-order valence-corrected chi connectivity index (χ1v) is 5.24. The second-order valence-electron chi connectivity index (χ2n) is 2.99. The molecule has 0 radical (unpaired) electrons. The molecule has 0 heterocycles. The molecular weight excluding hydrogens is 265 g/mol. The molecular formula is C10H11BrFNO2. The average molecular weight is 276 g/mol. The largest absolute Gasteiger partial charge is 0.395 e. The zero-order valence-electron chi connectivity index (χ0n) is 7.96. The summed E-state index contributed by atoms with van der Waals surface area (Å²) in [6, 6.07) is 4.44. The van der Waals surface area contributed by atoms with Gasteiger partial charge in [-0.05, 0) is 23.8 Å². The van der Waals surface area contributed by atoms with E-state index in [1.54, 1.807) is 12.1 Å². The van der Waals surface area contributed by atoms with Gasteiger partial charge < -0.3 is 10.4 Å². The van der Waals surface area contributed by atoms with Crippen LogP contribution in [0, 0.1) is 5.82 Å². The number of carbonyl (C=O) groups is 1. The molecule has 0 aliphatic rings. The van der Waals surface area contributed by atoms with Gasteiger partial charge in [0, 0.05) is 11.0 Å². The van der Waals surface area contributed by atoms with Gasteiger partial charge in [-0.2, -0.15) is 0 Å². The SMILES string of the molecule is O=C(Cc1cc(Br)ccc1F)NCCO. The molecule has 0 unspecified atom stereocenters. The number of nitrogens with one attached hydrogen (secondary N) is 1. The van der Waals surface area contributed by atoms with Crippen LogP contribution in [0.4, 0.5) is 4.39 Å². The van der Waals surface area contributed by atoms with E-state index in [-0.39, 0.29) is 25.5 Å². The first-order chi connectivity index (χ1) is 7.13. The van der Waals surface area contributed by atoms with Crippen molar-refractivity contribution in [1.82, 2.24) is 5.32 Å². The molecule has 1 rings (SSSR count).